The van der Waals surface area contributed by atoms with Crippen molar-refractivity contribution in [3.05, 3.63) is 0 Å². The maximum atomic E-state index is 2.71. The van der Waals surface area contributed by atoms with Crippen LogP contribution in [-0.2, 0) is 0 Å². The van der Waals surface area contributed by atoms with E-state index < -0.39 is 30.4 Å². The van der Waals surface area contributed by atoms with Gasteiger partial charge < -0.3 is 0 Å². The van der Waals surface area contributed by atoms with Crippen LogP contribution in [0.15, 0.2) is 0 Å². The van der Waals surface area contributed by atoms with Crippen LogP contribution in [0.5, 0.6) is 0 Å². The van der Waals surface area contributed by atoms with Crippen molar-refractivity contribution in [2.24, 2.45) is 0 Å². The molecule has 4 heteroatoms. The summed E-state index contributed by atoms with van der Waals surface area (Å²) in [6.07, 6.45) is 3.15. The maximum Gasteiger partial charge on any atom is 0.0412 e. The van der Waals surface area contributed by atoms with Gasteiger partial charge in [-0.3, -0.25) is 0 Å². The minimum atomic E-state index is -0.888. The fraction of sp³-hybridized carbons (Fsp3) is 1.00. The van der Waals surface area contributed by atoms with E-state index in [0.717, 1.165) is 0 Å². The molecule has 1 fully saturated rings. The molecule has 108 valence electrons. The van der Waals surface area contributed by atoms with E-state index in [2.05, 4.69) is 52.4 Å². The molecule has 0 aromatic heterocycles. The molecule has 0 spiro atoms. The molecule has 18 heavy (non-hydrogen) atoms. The van der Waals surface area contributed by atoms with Gasteiger partial charge in [0.1, 0.15) is 0 Å². The third-order valence-electron chi connectivity index (χ3n) is 6.87. The topological polar surface area (TPSA) is 0 Å². The first-order valence-electron chi connectivity index (χ1n) is 7.91. The zero-order valence-electron chi connectivity index (χ0n) is 14.2. The molecule has 0 nitrogen and oxygen atoms in total. The summed E-state index contributed by atoms with van der Waals surface area (Å²) in [5.41, 5.74) is 0. The molecule has 1 aliphatic heterocycles. The van der Waals surface area contributed by atoms with Crippen molar-refractivity contribution in [1.29, 1.82) is 0 Å². The van der Waals surface area contributed by atoms with Gasteiger partial charge in [0, 0.05) is 30.4 Å². The second-order valence-corrected chi connectivity index (χ2v) is 42.6. The van der Waals surface area contributed by atoms with Gasteiger partial charge in [-0.25, -0.2) is 0 Å². The highest BCUT2D eigenvalue weighted by atomic mass is 29.3. The second-order valence-electron chi connectivity index (χ2n) is 9.24. The van der Waals surface area contributed by atoms with Gasteiger partial charge in [-0.15, -0.1) is 0 Å². The molecule has 1 heterocycles. The van der Waals surface area contributed by atoms with Crippen LogP contribution in [0, 0.1) is 0 Å². The molecule has 0 N–H and O–H groups in total. The largest absolute Gasteiger partial charge is 0.0713 e. The lowest BCUT2D eigenvalue weighted by atomic mass is 10.6. The molecule has 0 amide bonds. The summed E-state index contributed by atoms with van der Waals surface area (Å²) in [5.74, 6) is 0. The fourth-order valence-electron chi connectivity index (χ4n) is 3.30. The lowest BCUT2D eigenvalue weighted by Crippen LogP contribution is -2.58. The minimum absolute atomic E-state index is 0.888. The van der Waals surface area contributed by atoms with Crippen LogP contribution < -0.4 is 0 Å². The monoisotopic (exact) mass is 316 g/mol. The number of rotatable bonds is 0. The number of hydrogen-bond acceptors (Lipinski definition) is 0. The van der Waals surface area contributed by atoms with E-state index in [4.69, 9.17) is 0 Å². The van der Waals surface area contributed by atoms with Crippen LogP contribution in [0.25, 0.3) is 0 Å². The summed E-state index contributed by atoms with van der Waals surface area (Å²) < 4.78 is 0. The summed E-state index contributed by atoms with van der Waals surface area (Å²) in [6.45, 7) is 21.7. The Balaban J connectivity index is 2.89. The van der Waals surface area contributed by atoms with Crippen LogP contribution >= 0.6 is 0 Å². The van der Waals surface area contributed by atoms with Crippen LogP contribution in [0.4, 0.5) is 0 Å². The smallest absolute Gasteiger partial charge is 0.0412 e. The molecule has 0 aliphatic carbocycles. The molecule has 0 atom stereocenters. The molecule has 0 unspecified atom stereocenters. The Morgan fingerprint density at radius 2 is 0.556 bits per heavy atom. The Morgan fingerprint density at radius 1 is 0.389 bits per heavy atom. The van der Waals surface area contributed by atoms with E-state index in [0.29, 0.717) is 0 Å². The van der Waals surface area contributed by atoms with Gasteiger partial charge in [-0.05, 0) is 0 Å². The highest BCUT2D eigenvalue weighted by Gasteiger charge is 2.44. The molecular weight excluding hydrogens is 280 g/mol. The second kappa shape index (κ2) is 5.34. The molecule has 0 aromatic carbocycles. The summed E-state index contributed by atoms with van der Waals surface area (Å²) in [4.78, 5) is 0. The van der Waals surface area contributed by atoms with Gasteiger partial charge in [0.15, 0.2) is 0 Å². The first-order valence-corrected chi connectivity index (χ1v) is 22.7. The van der Waals surface area contributed by atoms with Crippen LogP contribution in [0.3, 0.4) is 0 Å². The van der Waals surface area contributed by atoms with E-state index >= 15 is 0 Å². The Kier molecular flexibility index (Phi) is 5.02. The van der Waals surface area contributed by atoms with Crippen molar-refractivity contribution in [2.75, 3.05) is 0 Å². The van der Waals surface area contributed by atoms with Crippen molar-refractivity contribution in [1.82, 2.24) is 0 Å². The molecule has 0 bridgehead atoms. The molecule has 1 rings (SSSR count). The van der Waals surface area contributed by atoms with Crippen molar-refractivity contribution >= 4 is 30.4 Å². The summed E-state index contributed by atoms with van der Waals surface area (Å²) >= 11 is 0. The molecule has 0 radical (unpaired) electrons. The third kappa shape index (κ3) is 3.49. The average molecular weight is 317 g/mol. The van der Waals surface area contributed by atoms with E-state index in [-0.39, 0.29) is 0 Å². The van der Waals surface area contributed by atoms with Crippen LogP contribution in [0.1, 0.15) is 12.8 Å². The van der Waals surface area contributed by atoms with Gasteiger partial charge in [-0.2, -0.15) is 0 Å². The van der Waals surface area contributed by atoms with E-state index in [1.165, 1.54) is 0 Å². The highest BCUT2D eigenvalue weighted by Crippen LogP contribution is 2.37. The summed E-state index contributed by atoms with van der Waals surface area (Å²) in [7, 11) is -3.55. The lowest BCUT2D eigenvalue weighted by Gasteiger charge is -2.44. The Bertz CT molecular complexity index is 234. The molecule has 1 aliphatic rings. The van der Waals surface area contributed by atoms with E-state index in [1.54, 1.807) is 37.0 Å². The first-order chi connectivity index (χ1) is 7.91. The Labute approximate surface area is 120 Å². The van der Waals surface area contributed by atoms with Crippen LogP contribution in [0.2, 0.25) is 76.6 Å². The Morgan fingerprint density at radius 3 is 0.722 bits per heavy atom. The predicted octanol–water partition coefficient (Wildman–Crippen LogP) is 5.77. The van der Waals surface area contributed by atoms with Gasteiger partial charge in [0.2, 0.25) is 0 Å². The van der Waals surface area contributed by atoms with Crippen molar-refractivity contribution < 1.29 is 0 Å². The van der Waals surface area contributed by atoms with Crippen molar-refractivity contribution in [3.63, 3.8) is 0 Å². The van der Waals surface area contributed by atoms with Gasteiger partial charge >= 0.3 is 0 Å². The fourth-order valence-corrected chi connectivity index (χ4v) is 21.2. The molecule has 0 aromatic rings. The average Bonchev–Trinajstić information content (AvgIpc) is 2.14. The maximum absolute atomic E-state index is 2.71. The predicted molar refractivity (Wildman–Crippen MR) is 98.4 cm³/mol. The van der Waals surface area contributed by atoms with Gasteiger partial charge in [-0.1, -0.05) is 89.4 Å². The van der Waals surface area contributed by atoms with E-state index in [9.17, 15) is 0 Å². The van der Waals surface area contributed by atoms with Crippen molar-refractivity contribution in [3.8, 4) is 0 Å². The molecule has 0 saturated carbocycles. The standard InChI is InChI=1S/C14H36Si4/c1-15(2)11-9-13-17(5,6)18(7,8)14-10-12-16(15,3)4/h9-14H2,1-8H3. The molecular formula is C14H36Si4. The lowest BCUT2D eigenvalue weighted by molar-refractivity contribution is 0.988. The Hall–Kier alpha value is 0.868. The van der Waals surface area contributed by atoms with Crippen molar-refractivity contribution in [2.45, 2.75) is 89.4 Å². The minimum Gasteiger partial charge on any atom is -0.0713 e. The number of hydrogen-bond donors (Lipinski definition) is 0. The summed E-state index contributed by atoms with van der Waals surface area (Å²) in [5, 5.41) is 0. The quantitative estimate of drug-likeness (QED) is 0.498. The van der Waals surface area contributed by atoms with Gasteiger partial charge in [0.25, 0.3) is 0 Å². The SMILES string of the molecule is C[Si]1(C)CCC[Si](C)(C)[Si](C)(C)CCC[Si]1(C)C. The molecule has 1 saturated heterocycles. The zero-order valence-corrected chi connectivity index (χ0v) is 18.2. The third-order valence-corrected chi connectivity index (χ3v) is 45.6. The summed E-state index contributed by atoms with van der Waals surface area (Å²) in [6, 6.07) is 6.53. The van der Waals surface area contributed by atoms with Crippen LogP contribution in [-0.4, -0.2) is 30.4 Å². The first kappa shape index (κ1) is 16.9. The van der Waals surface area contributed by atoms with Gasteiger partial charge in [0.05, 0.1) is 0 Å². The normalized spacial score (nSPS) is 30.7. The van der Waals surface area contributed by atoms with E-state index in [1.807, 2.05) is 0 Å². The zero-order chi connectivity index (χ0) is 14.2. The highest BCUT2D eigenvalue weighted by molar-refractivity contribution is 7.42.